The zero-order chi connectivity index (χ0) is 14.5. The van der Waals surface area contributed by atoms with Gasteiger partial charge in [0.05, 0.1) is 23.7 Å². The number of benzene rings is 1. The number of hydrogen-bond donors (Lipinski definition) is 2. The van der Waals surface area contributed by atoms with Crippen LogP contribution in [0.1, 0.15) is 41.9 Å². The molecule has 6 heteroatoms. The van der Waals surface area contributed by atoms with Crippen LogP contribution in [0.4, 0.5) is 0 Å². The number of para-hydroxylation sites is 1. The predicted octanol–water partition coefficient (Wildman–Crippen LogP) is 2.42. The lowest BCUT2D eigenvalue weighted by Crippen LogP contribution is -2.30. The standard InChI is InChI=1S/C14H20N4OS/c1-9(2)13-14(20-18-17-13)11(16-15)8-10-6-4-5-7-12(10)19-3/h4-7,9,11,16H,8,15H2,1-3H3. The summed E-state index contributed by atoms with van der Waals surface area (Å²) in [6.07, 6.45) is 0.740. The number of nitrogens with two attached hydrogens (primary N) is 1. The molecule has 2 rings (SSSR count). The molecule has 0 radical (unpaired) electrons. The normalized spacial score (nSPS) is 12.7. The van der Waals surface area contributed by atoms with Crippen molar-refractivity contribution in [2.45, 2.75) is 32.2 Å². The van der Waals surface area contributed by atoms with Crippen LogP contribution in [0.5, 0.6) is 5.75 Å². The molecule has 0 aliphatic heterocycles. The van der Waals surface area contributed by atoms with Crippen molar-refractivity contribution >= 4 is 11.5 Å². The molecule has 1 aromatic heterocycles. The van der Waals surface area contributed by atoms with Gasteiger partial charge in [-0.25, -0.2) is 0 Å². The Hall–Kier alpha value is -1.50. The molecule has 1 unspecified atom stereocenters. The first kappa shape index (κ1) is 14.9. The Morgan fingerprint density at radius 2 is 2.10 bits per heavy atom. The Morgan fingerprint density at radius 1 is 1.35 bits per heavy atom. The first-order valence-electron chi connectivity index (χ1n) is 6.57. The Kier molecular flexibility index (Phi) is 5.05. The van der Waals surface area contributed by atoms with E-state index in [1.165, 1.54) is 11.5 Å². The molecule has 0 amide bonds. The van der Waals surface area contributed by atoms with Gasteiger partial charge in [0.1, 0.15) is 5.75 Å². The molecule has 5 nitrogen and oxygen atoms in total. The lowest BCUT2D eigenvalue weighted by molar-refractivity contribution is 0.405. The van der Waals surface area contributed by atoms with E-state index >= 15 is 0 Å². The Labute approximate surface area is 123 Å². The van der Waals surface area contributed by atoms with E-state index in [1.54, 1.807) is 7.11 Å². The highest BCUT2D eigenvalue weighted by atomic mass is 32.1. The van der Waals surface area contributed by atoms with Crippen molar-refractivity contribution in [2.24, 2.45) is 5.84 Å². The number of ether oxygens (including phenoxy) is 1. The van der Waals surface area contributed by atoms with Gasteiger partial charge >= 0.3 is 0 Å². The summed E-state index contributed by atoms with van der Waals surface area (Å²) in [7, 11) is 1.68. The highest BCUT2D eigenvalue weighted by Crippen LogP contribution is 2.30. The van der Waals surface area contributed by atoms with E-state index < -0.39 is 0 Å². The molecule has 108 valence electrons. The van der Waals surface area contributed by atoms with E-state index in [-0.39, 0.29) is 6.04 Å². The van der Waals surface area contributed by atoms with Crippen LogP contribution in [0, 0.1) is 0 Å². The Morgan fingerprint density at radius 3 is 2.75 bits per heavy atom. The fourth-order valence-corrected chi connectivity index (χ4v) is 3.03. The maximum Gasteiger partial charge on any atom is 0.122 e. The smallest absolute Gasteiger partial charge is 0.122 e. The third kappa shape index (κ3) is 3.15. The molecular weight excluding hydrogens is 272 g/mol. The van der Waals surface area contributed by atoms with Crippen LogP contribution >= 0.6 is 11.5 Å². The summed E-state index contributed by atoms with van der Waals surface area (Å²) in [5, 5.41) is 4.21. The quantitative estimate of drug-likeness (QED) is 0.632. The monoisotopic (exact) mass is 292 g/mol. The minimum absolute atomic E-state index is 0.0105. The zero-order valence-corrected chi connectivity index (χ0v) is 12.8. The van der Waals surface area contributed by atoms with E-state index in [1.807, 2.05) is 24.3 Å². The number of hydrogen-bond acceptors (Lipinski definition) is 6. The first-order valence-corrected chi connectivity index (χ1v) is 7.34. The summed E-state index contributed by atoms with van der Waals surface area (Å²) in [6.45, 7) is 4.22. The SMILES string of the molecule is COc1ccccc1CC(NN)c1snnc1C(C)C. The second-order valence-electron chi connectivity index (χ2n) is 4.91. The van der Waals surface area contributed by atoms with Gasteiger partial charge in [0.25, 0.3) is 0 Å². The van der Waals surface area contributed by atoms with E-state index in [4.69, 9.17) is 10.6 Å². The molecular formula is C14H20N4OS. The molecule has 0 bridgehead atoms. The molecule has 1 aromatic carbocycles. The Balaban J connectivity index is 2.27. The van der Waals surface area contributed by atoms with Crippen LogP contribution in [-0.4, -0.2) is 16.7 Å². The van der Waals surface area contributed by atoms with Crippen molar-refractivity contribution in [3.63, 3.8) is 0 Å². The second kappa shape index (κ2) is 6.78. The number of aromatic nitrogens is 2. The minimum atomic E-state index is -0.0105. The van der Waals surface area contributed by atoms with Crippen LogP contribution < -0.4 is 16.0 Å². The van der Waals surface area contributed by atoms with Gasteiger partial charge in [-0.05, 0) is 35.5 Å². The fourth-order valence-electron chi connectivity index (χ4n) is 2.17. The molecule has 0 aliphatic rings. The van der Waals surface area contributed by atoms with E-state index in [0.717, 1.165) is 28.3 Å². The van der Waals surface area contributed by atoms with Crippen LogP contribution in [0.2, 0.25) is 0 Å². The largest absolute Gasteiger partial charge is 0.496 e. The lowest BCUT2D eigenvalue weighted by Gasteiger charge is -2.17. The molecule has 0 saturated carbocycles. The molecule has 1 heterocycles. The van der Waals surface area contributed by atoms with Gasteiger partial charge in [0.15, 0.2) is 0 Å². The average Bonchev–Trinajstić information content (AvgIpc) is 2.94. The summed E-state index contributed by atoms with van der Waals surface area (Å²) in [4.78, 5) is 1.09. The summed E-state index contributed by atoms with van der Waals surface area (Å²) in [5.41, 5.74) is 4.99. The summed E-state index contributed by atoms with van der Waals surface area (Å²) in [6, 6.07) is 7.95. The minimum Gasteiger partial charge on any atom is -0.496 e. The van der Waals surface area contributed by atoms with Crippen LogP contribution in [0.3, 0.4) is 0 Å². The maximum atomic E-state index is 5.73. The van der Waals surface area contributed by atoms with E-state index in [0.29, 0.717) is 5.92 Å². The van der Waals surface area contributed by atoms with E-state index in [2.05, 4.69) is 28.9 Å². The van der Waals surface area contributed by atoms with Gasteiger partial charge in [-0.3, -0.25) is 11.3 Å². The zero-order valence-electron chi connectivity index (χ0n) is 12.0. The number of nitrogens with one attached hydrogen (secondary N) is 1. The highest BCUT2D eigenvalue weighted by Gasteiger charge is 2.21. The van der Waals surface area contributed by atoms with Crippen molar-refractivity contribution < 1.29 is 4.74 Å². The van der Waals surface area contributed by atoms with Crippen molar-refractivity contribution in [2.75, 3.05) is 7.11 Å². The summed E-state index contributed by atoms with van der Waals surface area (Å²) < 4.78 is 9.45. The number of rotatable bonds is 6. The van der Waals surface area contributed by atoms with Gasteiger partial charge in [0.2, 0.25) is 0 Å². The molecule has 0 saturated heterocycles. The van der Waals surface area contributed by atoms with Gasteiger partial charge in [-0.15, -0.1) is 5.10 Å². The predicted molar refractivity (Wildman–Crippen MR) is 80.8 cm³/mol. The molecule has 0 spiro atoms. The van der Waals surface area contributed by atoms with Crippen molar-refractivity contribution in [3.05, 3.63) is 40.4 Å². The van der Waals surface area contributed by atoms with Gasteiger partial charge in [0, 0.05) is 0 Å². The molecule has 0 aliphatic carbocycles. The Bertz CT molecular complexity index is 556. The average molecular weight is 292 g/mol. The second-order valence-corrected chi connectivity index (χ2v) is 5.70. The van der Waals surface area contributed by atoms with Crippen molar-refractivity contribution in [1.82, 2.24) is 15.0 Å². The number of methoxy groups -OCH3 is 1. The molecule has 1 atom stereocenters. The molecule has 0 fully saturated rings. The third-order valence-electron chi connectivity index (χ3n) is 3.22. The van der Waals surface area contributed by atoms with Crippen LogP contribution in [-0.2, 0) is 6.42 Å². The maximum absolute atomic E-state index is 5.73. The summed E-state index contributed by atoms with van der Waals surface area (Å²) in [5.74, 6) is 6.94. The van der Waals surface area contributed by atoms with Gasteiger partial charge in [-0.2, -0.15) is 0 Å². The summed E-state index contributed by atoms with van der Waals surface area (Å²) >= 11 is 1.40. The van der Waals surface area contributed by atoms with Crippen LogP contribution in [0.25, 0.3) is 0 Å². The highest BCUT2D eigenvalue weighted by molar-refractivity contribution is 7.05. The molecule has 3 N–H and O–H groups in total. The van der Waals surface area contributed by atoms with E-state index in [9.17, 15) is 0 Å². The number of hydrazine groups is 1. The van der Waals surface area contributed by atoms with Gasteiger partial charge in [-0.1, -0.05) is 36.5 Å². The molecule has 2 aromatic rings. The van der Waals surface area contributed by atoms with Crippen molar-refractivity contribution in [3.8, 4) is 5.75 Å². The third-order valence-corrected chi connectivity index (χ3v) is 4.07. The van der Waals surface area contributed by atoms with Gasteiger partial charge < -0.3 is 4.74 Å². The number of nitrogens with zero attached hydrogens (tertiary/aromatic N) is 2. The lowest BCUT2D eigenvalue weighted by atomic mass is 10.00. The first-order chi connectivity index (χ1) is 9.67. The van der Waals surface area contributed by atoms with Crippen molar-refractivity contribution in [1.29, 1.82) is 0 Å². The van der Waals surface area contributed by atoms with Crippen LogP contribution in [0.15, 0.2) is 24.3 Å². The molecule has 20 heavy (non-hydrogen) atoms. The topological polar surface area (TPSA) is 73.1 Å². The fraction of sp³-hybridized carbons (Fsp3) is 0.429.